The molecule has 4 aliphatic rings. The van der Waals surface area contributed by atoms with Gasteiger partial charge in [-0.15, -0.1) is 0 Å². The highest BCUT2D eigenvalue weighted by Crippen LogP contribution is 2.59. The van der Waals surface area contributed by atoms with E-state index in [0.717, 1.165) is 75.1 Å². The molecule has 0 bridgehead atoms. The molecule has 1 amide bonds. The molecule has 52 heavy (non-hydrogen) atoms. The topological polar surface area (TPSA) is 76.2 Å². The van der Waals surface area contributed by atoms with Crippen molar-refractivity contribution in [3.63, 3.8) is 0 Å². The summed E-state index contributed by atoms with van der Waals surface area (Å²) in [6.07, 6.45) is 4.59. The van der Waals surface area contributed by atoms with Crippen molar-refractivity contribution in [1.29, 1.82) is 0 Å². The summed E-state index contributed by atoms with van der Waals surface area (Å²) in [5, 5.41) is 8.24. The van der Waals surface area contributed by atoms with E-state index in [1.807, 2.05) is 18.3 Å². The molecule has 1 aliphatic carbocycles. The predicted molar refractivity (Wildman–Crippen MR) is 211 cm³/mol. The number of fused-ring (bicyclic) bond motifs is 1. The Morgan fingerprint density at radius 1 is 0.923 bits per heavy atom. The Morgan fingerprint density at radius 2 is 1.58 bits per heavy atom. The van der Waals surface area contributed by atoms with E-state index >= 15 is 0 Å². The smallest absolute Gasteiger partial charge is 0.261 e. The second kappa shape index (κ2) is 13.8. The molecule has 8 rings (SSSR count). The number of halogens is 1. The van der Waals surface area contributed by atoms with Gasteiger partial charge in [0.15, 0.2) is 0 Å². The minimum atomic E-state index is -2.77. The van der Waals surface area contributed by atoms with Crippen molar-refractivity contribution in [3.05, 3.63) is 90.1 Å². The van der Waals surface area contributed by atoms with Crippen LogP contribution < -0.4 is 20.6 Å². The summed E-state index contributed by atoms with van der Waals surface area (Å²) in [5.74, 6) is 0.707. The van der Waals surface area contributed by atoms with E-state index in [1.165, 1.54) is 10.4 Å². The van der Waals surface area contributed by atoms with Gasteiger partial charge in [-0.1, -0.05) is 93.0 Å². The minimum absolute atomic E-state index is 0.0481. The molecule has 1 unspecified atom stereocenters. The van der Waals surface area contributed by atoms with E-state index in [9.17, 15) is 4.79 Å². The van der Waals surface area contributed by atoms with E-state index in [-0.39, 0.29) is 33.9 Å². The lowest BCUT2D eigenvalue weighted by molar-refractivity contribution is -0.118. The lowest BCUT2D eigenvalue weighted by Crippen LogP contribution is -2.71. The van der Waals surface area contributed by atoms with Gasteiger partial charge in [-0.25, -0.2) is 4.98 Å². The molecule has 4 fully saturated rings. The van der Waals surface area contributed by atoms with Crippen molar-refractivity contribution in [2.45, 2.75) is 63.6 Å². The first-order valence-corrected chi connectivity index (χ1v) is 21.2. The Morgan fingerprint density at radius 3 is 2.21 bits per heavy atom. The Hall–Kier alpha value is -3.31. The highest BCUT2D eigenvalue weighted by molar-refractivity contribution is 6.99. The van der Waals surface area contributed by atoms with Crippen LogP contribution in [0.3, 0.4) is 0 Å². The van der Waals surface area contributed by atoms with E-state index in [1.54, 1.807) is 0 Å². The van der Waals surface area contributed by atoms with Gasteiger partial charge in [-0.05, 0) is 70.6 Å². The predicted octanol–water partition coefficient (Wildman–Crippen LogP) is 6.50. The highest BCUT2D eigenvalue weighted by Gasteiger charge is 2.58. The fraction of sp³-hybridized carbons (Fsp3) is 0.476. The number of nitrogens with zero attached hydrogens (tertiary/aromatic N) is 3. The van der Waals surface area contributed by atoms with Gasteiger partial charge in [-0.3, -0.25) is 9.69 Å². The van der Waals surface area contributed by atoms with Crippen molar-refractivity contribution < 1.29 is 18.7 Å². The van der Waals surface area contributed by atoms with Gasteiger partial charge in [-0.2, -0.15) is 0 Å². The Labute approximate surface area is 313 Å². The summed E-state index contributed by atoms with van der Waals surface area (Å²) >= 11 is 6.94. The molecule has 1 spiro atoms. The highest BCUT2D eigenvalue weighted by atomic mass is 35.5. The van der Waals surface area contributed by atoms with Crippen LogP contribution in [0.5, 0.6) is 0 Å². The SMILES string of the molecule is CC(C)(C)[Si](O[C@H]1COC[C@@]1(C)N1CCN(c2cc3cc(NC(=O)C4CC45CCOCC5)ncc3cc2Cl)CC1)(c1ccccc1)c1ccccc1. The number of aromatic nitrogens is 1. The maximum Gasteiger partial charge on any atom is 0.261 e. The van der Waals surface area contributed by atoms with Crippen LogP contribution >= 0.6 is 11.6 Å². The number of rotatable bonds is 8. The van der Waals surface area contributed by atoms with Crippen molar-refractivity contribution in [2.24, 2.45) is 11.3 Å². The molecule has 4 heterocycles. The van der Waals surface area contributed by atoms with Gasteiger partial charge in [0, 0.05) is 56.9 Å². The van der Waals surface area contributed by atoms with Crippen molar-refractivity contribution in [2.75, 3.05) is 62.8 Å². The number of ether oxygens (including phenoxy) is 2. The zero-order chi connectivity index (χ0) is 36.1. The van der Waals surface area contributed by atoms with Crippen molar-refractivity contribution >= 4 is 58.5 Å². The van der Waals surface area contributed by atoms with Gasteiger partial charge in [0.05, 0.1) is 35.6 Å². The van der Waals surface area contributed by atoms with Gasteiger partial charge in [0.25, 0.3) is 8.32 Å². The number of piperazine rings is 1. The third-order valence-electron chi connectivity index (χ3n) is 12.5. The maximum atomic E-state index is 13.2. The fourth-order valence-electron chi connectivity index (χ4n) is 9.19. The third kappa shape index (κ3) is 6.37. The molecule has 10 heteroatoms. The average Bonchev–Trinajstić information content (AvgIpc) is 3.71. The zero-order valence-electron chi connectivity index (χ0n) is 30.9. The first-order valence-electron chi connectivity index (χ1n) is 18.9. The number of pyridine rings is 1. The van der Waals surface area contributed by atoms with E-state index in [0.29, 0.717) is 24.1 Å². The average molecular weight is 739 g/mol. The molecule has 8 nitrogen and oxygen atoms in total. The van der Waals surface area contributed by atoms with Crippen molar-refractivity contribution in [3.8, 4) is 0 Å². The van der Waals surface area contributed by atoms with Gasteiger partial charge in [0.2, 0.25) is 5.91 Å². The zero-order valence-corrected chi connectivity index (χ0v) is 32.6. The molecule has 274 valence electrons. The monoisotopic (exact) mass is 738 g/mol. The molecule has 0 radical (unpaired) electrons. The van der Waals surface area contributed by atoms with Crippen LogP contribution in [0.25, 0.3) is 10.8 Å². The van der Waals surface area contributed by atoms with Crippen LogP contribution in [0.2, 0.25) is 10.1 Å². The number of nitrogens with one attached hydrogen (secondary N) is 1. The summed E-state index contributed by atoms with van der Waals surface area (Å²) in [7, 11) is -2.77. The molecule has 3 aromatic carbocycles. The number of carbonyl (C=O) groups is 1. The van der Waals surface area contributed by atoms with Crippen LogP contribution in [-0.2, 0) is 18.7 Å². The lowest BCUT2D eigenvalue weighted by Gasteiger charge is -2.50. The van der Waals surface area contributed by atoms with Gasteiger partial charge in [0.1, 0.15) is 5.82 Å². The largest absolute Gasteiger partial charge is 0.400 e. The molecular weight excluding hydrogens is 688 g/mol. The van der Waals surface area contributed by atoms with E-state index < -0.39 is 8.32 Å². The lowest BCUT2D eigenvalue weighted by atomic mass is 9.93. The molecule has 1 aromatic heterocycles. The van der Waals surface area contributed by atoms with Gasteiger partial charge >= 0.3 is 0 Å². The van der Waals surface area contributed by atoms with Crippen molar-refractivity contribution in [1.82, 2.24) is 9.88 Å². The number of benzene rings is 3. The first-order chi connectivity index (χ1) is 25.0. The summed E-state index contributed by atoms with van der Waals surface area (Å²) < 4.78 is 19.5. The molecule has 3 saturated heterocycles. The number of hydrogen-bond acceptors (Lipinski definition) is 7. The second-order valence-corrected chi connectivity index (χ2v) is 21.2. The Balaban J connectivity index is 0.992. The van der Waals surface area contributed by atoms with E-state index in [2.05, 4.69) is 115 Å². The summed E-state index contributed by atoms with van der Waals surface area (Å²) in [4.78, 5) is 22.7. The Bertz CT molecular complexity index is 1870. The van der Waals surface area contributed by atoms with E-state index in [4.69, 9.17) is 25.5 Å². The van der Waals surface area contributed by atoms with Gasteiger partial charge < -0.3 is 24.1 Å². The number of amides is 1. The summed E-state index contributed by atoms with van der Waals surface area (Å²) in [5.41, 5.74) is 0.848. The Kier molecular flexibility index (Phi) is 9.50. The quantitative estimate of drug-likeness (QED) is 0.207. The molecule has 3 atom stereocenters. The summed E-state index contributed by atoms with van der Waals surface area (Å²) in [6.45, 7) is 15.4. The van der Waals surface area contributed by atoms with Crippen LogP contribution in [0.15, 0.2) is 85.1 Å². The normalized spacial score (nSPS) is 25.1. The summed E-state index contributed by atoms with van der Waals surface area (Å²) in [6, 6.07) is 27.9. The first kappa shape index (κ1) is 35.7. The fourth-order valence-corrected chi connectivity index (χ4v) is 14.2. The van der Waals surface area contributed by atoms with Crippen LogP contribution in [0.4, 0.5) is 11.5 Å². The minimum Gasteiger partial charge on any atom is -0.400 e. The van der Waals surface area contributed by atoms with Crippen LogP contribution in [-0.4, -0.2) is 88.4 Å². The maximum absolute atomic E-state index is 13.2. The number of anilines is 2. The number of hydrogen-bond donors (Lipinski definition) is 1. The van der Waals surface area contributed by atoms with Crippen LogP contribution in [0, 0.1) is 11.3 Å². The molecular formula is C42H51ClN4O4Si. The number of carbonyl (C=O) groups excluding carboxylic acids is 1. The molecule has 1 saturated carbocycles. The van der Waals surface area contributed by atoms with Crippen LogP contribution in [0.1, 0.15) is 47.0 Å². The molecule has 4 aromatic rings. The molecule has 3 aliphatic heterocycles. The third-order valence-corrected chi connectivity index (χ3v) is 17.8. The second-order valence-electron chi connectivity index (χ2n) is 16.6. The molecule has 1 N–H and O–H groups in total. The standard InChI is InChI=1S/C42H51ClN4O4Si/c1-40(2,3)52(32-11-7-5-8-12-32,33-13-9-6-10-14-33)51-37-28-50-29-41(37,4)47-19-17-46(18-20-47)36-24-30-25-38(44-27-31(30)23-35(36)43)45-39(48)34-26-42(34)15-21-49-22-16-42/h5-14,23-25,27,34,37H,15-22,26,28-29H2,1-4H3,(H,44,45,48)/t34?,37-,41+/m0/s1.